The number of hydrogen-bond acceptors (Lipinski definition) is 4. The maximum absolute atomic E-state index is 11.7. The molecule has 0 radical (unpaired) electrons. The number of ketones is 1. The summed E-state index contributed by atoms with van der Waals surface area (Å²) in [5, 5.41) is 3.07. The highest BCUT2D eigenvalue weighted by atomic mass is 16.3. The van der Waals surface area contributed by atoms with Crippen LogP contribution >= 0.6 is 0 Å². The summed E-state index contributed by atoms with van der Waals surface area (Å²) in [5.74, 6) is 1.78. The molecule has 5 nitrogen and oxygen atoms in total. The number of hydrogen-bond donors (Lipinski definition) is 1. The van der Waals surface area contributed by atoms with E-state index >= 15 is 0 Å². The zero-order valence-corrected chi connectivity index (χ0v) is 9.56. The van der Waals surface area contributed by atoms with Crippen molar-refractivity contribution >= 4 is 5.78 Å². The molecule has 1 N–H and O–H groups in total. The fraction of sp³-hybridized carbons (Fsp3) is 0.333. The maximum Gasteiger partial charge on any atom is 0.196 e. The van der Waals surface area contributed by atoms with Crippen LogP contribution in [0.25, 0.3) is 0 Å². The Balaban J connectivity index is 1.98. The molecule has 0 aromatic carbocycles. The first kappa shape index (κ1) is 10.3. The average molecular weight is 231 g/mol. The molecule has 0 bridgehead atoms. The van der Waals surface area contributed by atoms with Gasteiger partial charge in [0.25, 0.3) is 0 Å². The highest BCUT2D eigenvalue weighted by Gasteiger charge is 2.24. The quantitative estimate of drug-likeness (QED) is 0.833. The van der Waals surface area contributed by atoms with Gasteiger partial charge in [-0.15, -0.1) is 0 Å². The SMILES string of the molecule is Cn1c(Cc2ccco2)nc2c1CNCC2=O. The summed E-state index contributed by atoms with van der Waals surface area (Å²) >= 11 is 0. The molecule has 1 aliphatic heterocycles. The predicted octanol–water partition coefficient (Wildman–Crippen LogP) is 0.890. The summed E-state index contributed by atoms with van der Waals surface area (Å²) in [6.45, 7) is 1.08. The van der Waals surface area contributed by atoms with Crippen LogP contribution in [0, 0.1) is 0 Å². The second kappa shape index (κ2) is 3.85. The van der Waals surface area contributed by atoms with Gasteiger partial charge in [-0.25, -0.2) is 4.98 Å². The lowest BCUT2D eigenvalue weighted by Gasteiger charge is -2.12. The Kier molecular flexibility index (Phi) is 2.33. The highest BCUT2D eigenvalue weighted by molar-refractivity contribution is 5.97. The van der Waals surface area contributed by atoms with Crippen molar-refractivity contribution in [3.05, 3.63) is 41.4 Å². The van der Waals surface area contributed by atoms with Gasteiger partial charge < -0.3 is 14.3 Å². The van der Waals surface area contributed by atoms with Gasteiger partial charge in [0.05, 0.1) is 24.9 Å². The Morgan fingerprint density at radius 3 is 3.12 bits per heavy atom. The summed E-state index contributed by atoms with van der Waals surface area (Å²) in [6.07, 6.45) is 2.26. The number of aromatic nitrogens is 2. The van der Waals surface area contributed by atoms with Crippen LogP contribution in [0.3, 0.4) is 0 Å². The fourth-order valence-corrected chi connectivity index (χ4v) is 2.11. The molecule has 0 saturated heterocycles. The van der Waals surface area contributed by atoms with Gasteiger partial charge in [-0.3, -0.25) is 4.79 Å². The van der Waals surface area contributed by atoms with Gasteiger partial charge in [0.1, 0.15) is 17.3 Å². The summed E-state index contributed by atoms with van der Waals surface area (Å²) in [6, 6.07) is 3.76. The number of nitrogens with one attached hydrogen (secondary N) is 1. The third kappa shape index (κ3) is 1.68. The molecular formula is C12H13N3O2. The van der Waals surface area contributed by atoms with E-state index in [-0.39, 0.29) is 5.78 Å². The smallest absolute Gasteiger partial charge is 0.196 e. The summed E-state index contributed by atoms with van der Waals surface area (Å²) < 4.78 is 7.27. The molecule has 17 heavy (non-hydrogen) atoms. The fourth-order valence-electron chi connectivity index (χ4n) is 2.11. The zero-order valence-electron chi connectivity index (χ0n) is 9.56. The van der Waals surface area contributed by atoms with Crippen LogP contribution in [0.1, 0.15) is 27.8 Å². The van der Waals surface area contributed by atoms with E-state index in [9.17, 15) is 4.79 Å². The third-order valence-corrected chi connectivity index (χ3v) is 3.06. The van der Waals surface area contributed by atoms with Crippen molar-refractivity contribution < 1.29 is 9.21 Å². The number of carbonyl (C=O) groups excluding carboxylic acids is 1. The van der Waals surface area contributed by atoms with Crippen LogP contribution in [0.2, 0.25) is 0 Å². The Hall–Kier alpha value is -1.88. The van der Waals surface area contributed by atoms with Crippen LogP contribution in [-0.4, -0.2) is 21.9 Å². The van der Waals surface area contributed by atoms with Crippen LogP contribution < -0.4 is 5.32 Å². The zero-order chi connectivity index (χ0) is 11.8. The Labute approximate surface area is 98.5 Å². The van der Waals surface area contributed by atoms with Gasteiger partial charge >= 0.3 is 0 Å². The minimum absolute atomic E-state index is 0.0625. The maximum atomic E-state index is 11.7. The van der Waals surface area contributed by atoms with Crippen molar-refractivity contribution in [3.8, 4) is 0 Å². The molecular weight excluding hydrogens is 218 g/mol. The summed E-state index contributed by atoms with van der Waals surface area (Å²) in [4.78, 5) is 16.1. The van der Waals surface area contributed by atoms with E-state index in [1.807, 2.05) is 23.7 Å². The van der Waals surface area contributed by atoms with Crippen molar-refractivity contribution in [2.75, 3.05) is 6.54 Å². The van der Waals surface area contributed by atoms with Crippen LogP contribution in [0.5, 0.6) is 0 Å². The number of Topliss-reactive ketones (excluding diaryl/α,β-unsaturated/α-hetero) is 1. The van der Waals surface area contributed by atoms with E-state index in [1.54, 1.807) is 6.26 Å². The first-order valence-electron chi connectivity index (χ1n) is 5.56. The van der Waals surface area contributed by atoms with Gasteiger partial charge in [-0.05, 0) is 12.1 Å². The number of rotatable bonds is 2. The summed E-state index contributed by atoms with van der Waals surface area (Å²) in [7, 11) is 1.93. The molecule has 0 amide bonds. The number of nitrogens with zero attached hydrogens (tertiary/aromatic N) is 2. The number of furan rings is 1. The normalized spacial score (nSPS) is 15.0. The van der Waals surface area contributed by atoms with Crippen molar-refractivity contribution in [2.45, 2.75) is 13.0 Å². The predicted molar refractivity (Wildman–Crippen MR) is 60.8 cm³/mol. The largest absolute Gasteiger partial charge is 0.469 e. The lowest BCUT2D eigenvalue weighted by atomic mass is 10.1. The molecule has 5 heteroatoms. The van der Waals surface area contributed by atoms with Gasteiger partial charge in [0.15, 0.2) is 5.78 Å². The molecule has 0 fully saturated rings. The van der Waals surface area contributed by atoms with Gasteiger partial charge in [0, 0.05) is 13.6 Å². The molecule has 88 valence electrons. The first-order chi connectivity index (χ1) is 8.25. The minimum atomic E-state index is 0.0625. The molecule has 0 aliphatic carbocycles. The van der Waals surface area contributed by atoms with E-state index < -0.39 is 0 Å². The lowest BCUT2D eigenvalue weighted by Crippen LogP contribution is -2.30. The van der Waals surface area contributed by atoms with Crippen molar-refractivity contribution in [1.29, 1.82) is 0 Å². The summed E-state index contributed by atoms with van der Waals surface area (Å²) in [5.41, 5.74) is 1.57. The standard InChI is InChI=1S/C12H13N3O2/c1-15-9-6-13-7-10(16)12(9)14-11(15)5-8-3-2-4-17-8/h2-4,13H,5-7H2,1H3. The molecule has 0 unspecified atom stereocenters. The van der Waals surface area contributed by atoms with Crippen LogP contribution in [0.4, 0.5) is 0 Å². The van der Waals surface area contributed by atoms with E-state index in [0.717, 1.165) is 17.3 Å². The highest BCUT2D eigenvalue weighted by Crippen LogP contribution is 2.17. The second-order valence-corrected chi connectivity index (χ2v) is 4.17. The van der Waals surface area contributed by atoms with Gasteiger partial charge in [-0.2, -0.15) is 0 Å². The topological polar surface area (TPSA) is 60.1 Å². The molecule has 0 saturated carbocycles. The average Bonchev–Trinajstić information content (AvgIpc) is 2.92. The van der Waals surface area contributed by atoms with Crippen molar-refractivity contribution in [1.82, 2.24) is 14.9 Å². The molecule has 0 atom stereocenters. The van der Waals surface area contributed by atoms with Crippen molar-refractivity contribution in [3.63, 3.8) is 0 Å². The number of imidazole rings is 1. The Bertz CT molecular complexity index is 555. The molecule has 2 aromatic rings. The number of carbonyl (C=O) groups is 1. The molecule has 3 rings (SSSR count). The van der Waals surface area contributed by atoms with Crippen molar-refractivity contribution in [2.24, 2.45) is 7.05 Å². The number of fused-ring (bicyclic) bond motifs is 1. The Morgan fingerprint density at radius 1 is 1.53 bits per heavy atom. The monoisotopic (exact) mass is 231 g/mol. The molecule has 1 aliphatic rings. The van der Waals surface area contributed by atoms with E-state index in [4.69, 9.17) is 4.42 Å². The Morgan fingerprint density at radius 2 is 2.41 bits per heavy atom. The van der Waals surface area contributed by atoms with E-state index in [2.05, 4.69) is 10.3 Å². The molecule has 2 aromatic heterocycles. The second-order valence-electron chi connectivity index (χ2n) is 4.17. The van der Waals surface area contributed by atoms with Gasteiger partial charge in [0.2, 0.25) is 0 Å². The van der Waals surface area contributed by atoms with Crippen LogP contribution in [-0.2, 0) is 20.0 Å². The molecule has 3 heterocycles. The van der Waals surface area contributed by atoms with Gasteiger partial charge in [-0.1, -0.05) is 0 Å². The third-order valence-electron chi connectivity index (χ3n) is 3.06. The molecule has 0 spiro atoms. The van der Waals surface area contributed by atoms with E-state index in [1.165, 1.54) is 0 Å². The van der Waals surface area contributed by atoms with E-state index in [0.29, 0.717) is 25.2 Å². The van der Waals surface area contributed by atoms with Crippen LogP contribution in [0.15, 0.2) is 22.8 Å². The first-order valence-corrected chi connectivity index (χ1v) is 5.56. The minimum Gasteiger partial charge on any atom is -0.469 e. The lowest BCUT2D eigenvalue weighted by molar-refractivity contribution is 0.0977.